The Morgan fingerprint density at radius 1 is 1.00 bits per heavy atom. The quantitative estimate of drug-likeness (QED) is 0.366. The molecule has 1 N–H and O–H groups in total. The van der Waals surface area contributed by atoms with E-state index in [2.05, 4.69) is 15.3 Å². The third-order valence-electron chi connectivity index (χ3n) is 4.54. The van der Waals surface area contributed by atoms with Crippen molar-refractivity contribution in [2.75, 3.05) is 5.32 Å². The summed E-state index contributed by atoms with van der Waals surface area (Å²) in [6, 6.07) is 11.8. The van der Waals surface area contributed by atoms with Gasteiger partial charge in [-0.15, -0.1) is 11.3 Å². The molecular formula is C21H15ClF3N3S. The highest BCUT2D eigenvalue weighted by Crippen LogP contribution is 2.42. The van der Waals surface area contributed by atoms with Gasteiger partial charge in [-0.1, -0.05) is 41.4 Å². The van der Waals surface area contributed by atoms with Gasteiger partial charge >= 0.3 is 6.18 Å². The molecule has 0 spiro atoms. The number of hydrogen-bond acceptors (Lipinski definition) is 4. The van der Waals surface area contributed by atoms with Gasteiger partial charge in [0, 0.05) is 16.1 Å². The predicted octanol–water partition coefficient (Wildman–Crippen LogP) is 7.39. The average Bonchev–Trinajstić information content (AvgIpc) is 3.00. The van der Waals surface area contributed by atoms with Crippen LogP contribution in [0.5, 0.6) is 0 Å². The summed E-state index contributed by atoms with van der Waals surface area (Å²) in [5.41, 5.74) is 2.47. The maximum absolute atomic E-state index is 13.2. The summed E-state index contributed by atoms with van der Waals surface area (Å²) in [6.07, 6.45) is -3.14. The molecule has 0 bridgehead atoms. The minimum atomic E-state index is -4.54. The Hall–Kier alpha value is -2.64. The summed E-state index contributed by atoms with van der Waals surface area (Å²) in [6.45, 7) is 4.01. The van der Waals surface area contributed by atoms with Gasteiger partial charge in [0.1, 0.15) is 17.0 Å². The van der Waals surface area contributed by atoms with Crippen LogP contribution in [-0.2, 0) is 6.18 Å². The van der Waals surface area contributed by atoms with E-state index in [1.807, 2.05) is 38.1 Å². The van der Waals surface area contributed by atoms with Gasteiger partial charge in [0.15, 0.2) is 0 Å². The van der Waals surface area contributed by atoms with Gasteiger partial charge in [-0.3, -0.25) is 0 Å². The average molecular weight is 434 g/mol. The van der Waals surface area contributed by atoms with E-state index in [1.54, 1.807) is 0 Å². The first-order valence-corrected chi connectivity index (χ1v) is 9.88. The normalized spacial score (nSPS) is 11.8. The van der Waals surface area contributed by atoms with Crippen LogP contribution in [0.3, 0.4) is 0 Å². The molecule has 2 aromatic heterocycles. The zero-order valence-electron chi connectivity index (χ0n) is 15.4. The lowest BCUT2D eigenvalue weighted by molar-refractivity contribution is -0.137. The summed E-state index contributed by atoms with van der Waals surface area (Å²) in [7, 11) is 0. The first-order valence-electron chi connectivity index (χ1n) is 8.69. The molecule has 0 fully saturated rings. The van der Waals surface area contributed by atoms with E-state index in [1.165, 1.54) is 29.8 Å². The zero-order chi connectivity index (χ0) is 20.8. The minimum absolute atomic E-state index is 0.250. The van der Waals surface area contributed by atoms with Crippen molar-refractivity contribution in [1.82, 2.24) is 9.97 Å². The fourth-order valence-corrected chi connectivity index (χ4v) is 4.40. The van der Waals surface area contributed by atoms with Crippen LogP contribution < -0.4 is 5.32 Å². The van der Waals surface area contributed by atoms with E-state index >= 15 is 0 Å². The van der Waals surface area contributed by atoms with Crippen molar-refractivity contribution in [2.45, 2.75) is 20.0 Å². The topological polar surface area (TPSA) is 37.8 Å². The number of halogens is 4. The second-order valence-corrected chi connectivity index (χ2v) is 8.23. The largest absolute Gasteiger partial charge is 0.417 e. The van der Waals surface area contributed by atoms with E-state index in [0.717, 1.165) is 37.9 Å². The molecule has 0 aliphatic rings. The number of alkyl halides is 3. The molecule has 4 rings (SSSR count). The molecule has 4 aromatic rings. The number of fused-ring (bicyclic) bond motifs is 1. The van der Waals surface area contributed by atoms with Gasteiger partial charge in [-0.25, -0.2) is 9.97 Å². The van der Waals surface area contributed by atoms with Gasteiger partial charge in [0.05, 0.1) is 16.0 Å². The molecule has 0 radical (unpaired) electrons. The molecule has 0 aliphatic carbocycles. The van der Waals surface area contributed by atoms with Crippen molar-refractivity contribution in [3.8, 4) is 11.1 Å². The highest BCUT2D eigenvalue weighted by Gasteiger charge is 2.33. The Morgan fingerprint density at radius 3 is 2.41 bits per heavy atom. The summed E-state index contributed by atoms with van der Waals surface area (Å²) >= 11 is 7.25. The third-order valence-corrected chi connectivity index (χ3v) is 5.88. The summed E-state index contributed by atoms with van der Waals surface area (Å²) < 4.78 is 39.6. The van der Waals surface area contributed by atoms with E-state index in [0.29, 0.717) is 5.82 Å². The van der Waals surface area contributed by atoms with Gasteiger partial charge < -0.3 is 5.32 Å². The van der Waals surface area contributed by atoms with Gasteiger partial charge in [0.2, 0.25) is 0 Å². The molecular weight excluding hydrogens is 419 g/mol. The maximum atomic E-state index is 13.2. The van der Waals surface area contributed by atoms with Crippen molar-refractivity contribution >= 4 is 44.7 Å². The third kappa shape index (κ3) is 3.80. The number of anilines is 2. The Bertz CT molecular complexity index is 1200. The van der Waals surface area contributed by atoms with Crippen LogP contribution in [0.15, 0.2) is 48.8 Å². The number of nitrogens with zero attached hydrogens (tertiary/aromatic N) is 2. The molecule has 0 amide bonds. The smallest absolute Gasteiger partial charge is 0.340 e. The number of nitrogens with one attached hydrogen (secondary N) is 1. The van der Waals surface area contributed by atoms with Crippen LogP contribution in [0, 0.1) is 13.8 Å². The zero-order valence-corrected chi connectivity index (χ0v) is 17.0. The molecule has 0 saturated carbocycles. The second kappa shape index (κ2) is 7.31. The molecule has 0 unspecified atom stereocenters. The number of benzene rings is 2. The molecule has 2 heterocycles. The van der Waals surface area contributed by atoms with Crippen molar-refractivity contribution in [3.05, 3.63) is 69.8 Å². The fourth-order valence-electron chi connectivity index (χ4n) is 3.16. The van der Waals surface area contributed by atoms with Crippen molar-refractivity contribution in [1.29, 1.82) is 0 Å². The standard InChI is InChI=1S/C21H15ClF3N3S/c1-11-3-5-13(6-4-11)17-12(2)29-20-18(17)19(26-10-27-20)28-14-7-8-16(22)15(9-14)21(23,24)25/h3-10H,1-2H3,(H,26,27,28). The van der Waals surface area contributed by atoms with E-state index in [-0.39, 0.29) is 10.7 Å². The maximum Gasteiger partial charge on any atom is 0.417 e. The van der Waals surface area contributed by atoms with Gasteiger partial charge in [-0.05, 0) is 37.6 Å². The SMILES string of the molecule is Cc1ccc(-c2c(C)sc3ncnc(Nc4ccc(Cl)c(C(F)(F)F)c4)c23)cc1. The van der Waals surface area contributed by atoms with E-state index in [9.17, 15) is 13.2 Å². The van der Waals surface area contributed by atoms with Crippen LogP contribution in [0.2, 0.25) is 5.02 Å². The summed E-state index contributed by atoms with van der Waals surface area (Å²) in [5.74, 6) is 0.449. The molecule has 3 nitrogen and oxygen atoms in total. The number of aryl methyl sites for hydroxylation is 2. The molecule has 29 heavy (non-hydrogen) atoms. The Labute approximate surface area is 174 Å². The number of rotatable bonds is 3. The molecule has 0 atom stereocenters. The van der Waals surface area contributed by atoms with Gasteiger partial charge in [0.25, 0.3) is 0 Å². The predicted molar refractivity (Wildman–Crippen MR) is 112 cm³/mol. The van der Waals surface area contributed by atoms with E-state index in [4.69, 9.17) is 11.6 Å². The van der Waals surface area contributed by atoms with Crippen molar-refractivity contribution in [2.24, 2.45) is 0 Å². The lowest BCUT2D eigenvalue weighted by Crippen LogP contribution is -2.06. The monoisotopic (exact) mass is 433 g/mol. The number of thiophene rings is 1. The first kappa shape index (κ1) is 19.7. The molecule has 0 aliphatic heterocycles. The van der Waals surface area contributed by atoms with Crippen LogP contribution >= 0.6 is 22.9 Å². The fraction of sp³-hybridized carbons (Fsp3) is 0.143. The summed E-state index contributed by atoms with van der Waals surface area (Å²) in [4.78, 5) is 10.5. The Kier molecular flexibility index (Phi) is 4.96. The number of hydrogen-bond donors (Lipinski definition) is 1. The highest BCUT2D eigenvalue weighted by atomic mass is 35.5. The van der Waals surface area contributed by atoms with Crippen LogP contribution in [0.4, 0.5) is 24.7 Å². The van der Waals surface area contributed by atoms with Crippen molar-refractivity contribution < 1.29 is 13.2 Å². The molecule has 0 saturated heterocycles. The van der Waals surface area contributed by atoms with Crippen LogP contribution in [0.25, 0.3) is 21.3 Å². The highest BCUT2D eigenvalue weighted by molar-refractivity contribution is 7.19. The van der Waals surface area contributed by atoms with Crippen molar-refractivity contribution in [3.63, 3.8) is 0 Å². The second-order valence-electron chi connectivity index (χ2n) is 6.62. The Balaban J connectivity index is 1.84. The molecule has 8 heteroatoms. The van der Waals surface area contributed by atoms with Gasteiger partial charge in [-0.2, -0.15) is 13.2 Å². The Morgan fingerprint density at radius 2 is 1.72 bits per heavy atom. The molecule has 2 aromatic carbocycles. The summed E-state index contributed by atoms with van der Waals surface area (Å²) in [5, 5.41) is 3.45. The number of aromatic nitrogens is 2. The first-order chi connectivity index (χ1) is 13.7. The van der Waals surface area contributed by atoms with Crippen LogP contribution in [-0.4, -0.2) is 9.97 Å². The lowest BCUT2D eigenvalue weighted by atomic mass is 10.0. The van der Waals surface area contributed by atoms with E-state index < -0.39 is 11.7 Å². The molecule has 148 valence electrons. The van der Waals surface area contributed by atoms with Crippen LogP contribution in [0.1, 0.15) is 16.0 Å². The lowest BCUT2D eigenvalue weighted by Gasteiger charge is -2.13. The minimum Gasteiger partial charge on any atom is -0.340 e.